The van der Waals surface area contributed by atoms with E-state index < -0.39 is 0 Å². The summed E-state index contributed by atoms with van der Waals surface area (Å²) in [6.45, 7) is 0. The van der Waals surface area contributed by atoms with Crippen LogP contribution >= 0.6 is 23.1 Å². The van der Waals surface area contributed by atoms with E-state index in [-0.39, 0.29) is 0 Å². The summed E-state index contributed by atoms with van der Waals surface area (Å²) in [5.41, 5.74) is 2.00. The van der Waals surface area contributed by atoms with Crippen LogP contribution < -0.4 is 0 Å². The Morgan fingerprint density at radius 2 is 2.25 bits per heavy atom. The predicted octanol–water partition coefficient (Wildman–Crippen LogP) is 3.03. The maximum Gasteiger partial charge on any atom is 0.233 e. The van der Waals surface area contributed by atoms with Gasteiger partial charge in [0.15, 0.2) is 0 Å². The molecule has 0 saturated heterocycles. The van der Waals surface area contributed by atoms with Crippen molar-refractivity contribution in [3.8, 4) is 0 Å². The number of imidazole rings is 1. The second kappa shape index (κ2) is 4.84. The smallest absolute Gasteiger partial charge is 0.233 e. The van der Waals surface area contributed by atoms with Crippen LogP contribution in [-0.2, 0) is 5.75 Å². The predicted molar refractivity (Wildman–Crippen MR) is 80.0 cm³/mol. The third-order valence-corrected chi connectivity index (χ3v) is 4.92. The lowest BCUT2D eigenvalue weighted by molar-refractivity contribution is 1.10. The first-order valence-electron chi connectivity index (χ1n) is 6.00. The lowest BCUT2D eigenvalue weighted by atomic mass is 10.5. The Morgan fingerprint density at radius 3 is 3.20 bits per heavy atom. The van der Waals surface area contributed by atoms with Crippen molar-refractivity contribution in [2.45, 2.75) is 10.8 Å². The summed E-state index contributed by atoms with van der Waals surface area (Å²) < 4.78 is 3.07. The molecule has 0 spiro atoms. The van der Waals surface area contributed by atoms with Gasteiger partial charge in [0.05, 0.1) is 15.9 Å². The van der Waals surface area contributed by atoms with Crippen LogP contribution in [0.1, 0.15) is 5.69 Å². The lowest BCUT2D eigenvalue weighted by Gasteiger charge is -1.99. The van der Waals surface area contributed by atoms with E-state index in [0.717, 1.165) is 32.5 Å². The largest absolute Gasteiger partial charge is 0.291 e. The average molecular weight is 299 g/mol. The topological polar surface area (TPSA) is 56.0 Å². The Morgan fingerprint density at radius 1 is 1.25 bits per heavy atom. The molecule has 0 saturated carbocycles. The Hall–Kier alpha value is -1.99. The standard InChI is InChI=1S/C13H9N5S2/c1-3-14-13-17-9(6-18(13)4-1)7-20-12-11-10(2-5-19-11)15-8-16-12/h1-6,8H,7H2. The van der Waals surface area contributed by atoms with E-state index in [1.807, 2.05) is 34.3 Å². The molecule has 0 amide bonds. The molecule has 0 radical (unpaired) electrons. The van der Waals surface area contributed by atoms with Crippen molar-refractivity contribution in [2.75, 3.05) is 0 Å². The van der Waals surface area contributed by atoms with E-state index in [1.54, 1.807) is 35.6 Å². The summed E-state index contributed by atoms with van der Waals surface area (Å²) in [4.78, 5) is 17.3. The van der Waals surface area contributed by atoms with Gasteiger partial charge in [-0.05, 0) is 17.5 Å². The zero-order valence-electron chi connectivity index (χ0n) is 10.3. The zero-order chi connectivity index (χ0) is 13.4. The summed E-state index contributed by atoms with van der Waals surface area (Å²) in [6.07, 6.45) is 7.31. The Kier molecular flexibility index (Phi) is 2.86. The van der Waals surface area contributed by atoms with Gasteiger partial charge in [-0.1, -0.05) is 11.8 Å². The molecule has 0 aliphatic heterocycles. The highest BCUT2D eigenvalue weighted by Gasteiger charge is 2.08. The monoisotopic (exact) mass is 299 g/mol. The van der Waals surface area contributed by atoms with E-state index in [9.17, 15) is 0 Å². The van der Waals surface area contributed by atoms with Crippen LogP contribution in [0.4, 0.5) is 0 Å². The van der Waals surface area contributed by atoms with Crippen molar-refractivity contribution in [1.82, 2.24) is 24.3 Å². The molecule has 20 heavy (non-hydrogen) atoms. The fraction of sp³-hybridized carbons (Fsp3) is 0.0769. The van der Waals surface area contributed by atoms with Crippen LogP contribution in [0, 0.1) is 0 Å². The molecule has 0 atom stereocenters. The summed E-state index contributed by atoms with van der Waals surface area (Å²) in [6, 6.07) is 3.91. The Labute approximate surface area is 122 Å². The number of rotatable bonds is 3. The number of fused-ring (bicyclic) bond motifs is 2. The van der Waals surface area contributed by atoms with Crippen molar-refractivity contribution >= 4 is 39.1 Å². The highest BCUT2D eigenvalue weighted by Crippen LogP contribution is 2.30. The van der Waals surface area contributed by atoms with Gasteiger partial charge in [-0.3, -0.25) is 4.40 Å². The molecule has 4 rings (SSSR count). The van der Waals surface area contributed by atoms with E-state index >= 15 is 0 Å². The fourth-order valence-corrected chi connectivity index (χ4v) is 3.79. The van der Waals surface area contributed by atoms with Crippen LogP contribution in [0.2, 0.25) is 0 Å². The van der Waals surface area contributed by atoms with Gasteiger partial charge in [-0.25, -0.2) is 19.9 Å². The molecule has 0 aromatic carbocycles. The van der Waals surface area contributed by atoms with Crippen LogP contribution in [0.3, 0.4) is 0 Å². The van der Waals surface area contributed by atoms with Crippen LogP contribution in [-0.4, -0.2) is 24.3 Å². The number of thioether (sulfide) groups is 1. The maximum atomic E-state index is 4.49. The minimum Gasteiger partial charge on any atom is -0.291 e. The first-order chi connectivity index (χ1) is 9.90. The Bertz CT molecular complexity index is 849. The van der Waals surface area contributed by atoms with E-state index in [1.165, 1.54) is 0 Å². The first kappa shape index (κ1) is 11.8. The number of hydrogen-bond donors (Lipinski definition) is 0. The normalized spacial score (nSPS) is 11.4. The van der Waals surface area contributed by atoms with E-state index in [4.69, 9.17) is 0 Å². The SMILES string of the molecule is c1cnc2nc(CSc3ncnc4ccsc34)cn2c1. The zero-order valence-corrected chi connectivity index (χ0v) is 11.9. The molecule has 0 unspecified atom stereocenters. The lowest BCUT2D eigenvalue weighted by Crippen LogP contribution is -1.85. The second-order valence-electron chi connectivity index (χ2n) is 4.16. The number of nitrogens with zero attached hydrogens (tertiary/aromatic N) is 5. The van der Waals surface area contributed by atoms with Crippen molar-refractivity contribution in [3.05, 3.63) is 48.1 Å². The van der Waals surface area contributed by atoms with Crippen LogP contribution in [0.15, 0.2) is 47.5 Å². The fourth-order valence-electron chi connectivity index (χ4n) is 1.96. The number of hydrogen-bond acceptors (Lipinski definition) is 6. The third-order valence-electron chi connectivity index (χ3n) is 2.85. The summed E-state index contributed by atoms with van der Waals surface area (Å²) >= 11 is 3.35. The maximum absolute atomic E-state index is 4.49. The van der Waals surface area contributed by atoms with Crippen molar-refractivity contribution in [2.24, 2.45) is 0 Å². The molecular formula is C13H9N5S2. The van der Waals surface area contributed by atoms with Gasteiger partial charge in [0.2, 0.25) is 5.78 Å². The first-order valence-corrected chi connectivity index (χ1v) is 7.86. The minimum absolute atomic E-state index is 0.729. The minimum atomic E-state index is 0.729. The summed E-state index contributed by atoms with van der Waals surface area (Å²) in [5.74, 6) is 1.50. The molecular weight excluding hydrogens is 290 g/mol. The van der Waals surface area contributed by atoms with Crippen LogP contribution in [0.5, 0.6) is 0 Å². The second-order valence-corrected chi connectivity index (χ2v) is 6.04. The molecule has 98 valence electrons. The Balaban J connectivity index is 1.62. The molecule has 4 aromatic heterocycles. The molecule has 4 aromatic rings. The molecule has 0 fully saturated rings. The number of thiophene rings is 1. The van der Waals surface area contributed by atoms with Gasteiger partial charge >= 0.3 is 0 Å². The molecule has 5 nitrogen and oxygen atoms in total. The van der Waals surface area contributed by atoms with Crippen LogP contribution in [0.25, 0.3) is 16.0 Å². The van der Waals surface area contributed by atoms with Gasteiger partial charge in [0.1, 0.15) is 11.4 Å². The molecule has 0 aliphatic rings. The molecule has 4 heterocycles. The molecule has 0 N–H and O–H groups in total. The summed E-state index contributed by atoms with van der Waals surface area (Å²) in [7, 11) is 0. The molecule has 0 aliphatic carbocycles. The van der Waals surface area contributed by atoms with Gasteiger partial charge in [-0.2, -0.15) is 0 Å². The van der Waals surface area contributed by atoms with Gasteiger partial charge in [0.25, 0.3) is 0 Å². The van der Waals surface area contributed by atoms with Crippen molar-refractivity contribution < 1.29 is 0 Å². The third kappa shape index (κ3) is 2.04. The van der Waals surface area contributed by atoms with Crippen molar-refractivity contribution in [1.29, 1.82) is 0 Å². The van der Waals surface area contributed by atoms with Gasteiger partial charge in [-0.15, -0.1) is 11.3 Å². The molecule has 7 heteroatoms. The molecule has 0 bridgehead atoms. The highest BCUT2D eigenvalue weighted by molar-refractivity contribution is 7.98. The number of aromatic nitrogens is 5. The van der Waals surface area contributed by atoms with Gasteiger partial charge in [0, 0.05) is 24.3 Å². The highest BCUT2D eigenvalue weighted by atomic mass is 32.2. The van der Waals surface area contributed by atoms with Crippen molar-refractivity contribution in [3.63, 3.8) is 0 Å². The quantitative estimate of drug-likeness (QED) is 0.430. The average Bonchev–Trinajstić information content (AvgIpc) is 3.11. The van der Waals surface area contributed by atoms with E-state index in [2.05, 4.69) is 19.9 Å². The van der Waals surface area contributed by atoms with E-state index in [0.29, 0.717) is 0 Å². The summed E-state index contributed by atoms with van der Waals surface area (Å²) in [5, 5.41) is 3.05. The van der Waals surface area contributed by atoms with Gasteiger partial charge < -0.3 is 0 Å².